The van der Waals surface area contributed by atoms with Crippen molar-refractivity contribution < 1.29 is 46.1 Å². The molecule has 36 heavy (non-hydrogen) atoms. The first-order valence-corrected chi connectivity index (χ1v) is 13.6. The number of carbonyl (C=O) groups excluding carboxylic acids is 3. The largest absolute Gasteiger partial charge is 0.428 e. The minimum absolute atomic E-state index is 0.0240. The molecule has 0 unspecified atom stereocenters. The number of nitrogens with zero attached hydrogens (tertiary/aromatic N) is 2. The van der Waals surface area contributed by atoms with Gasteiger partial charge in [-0.25, -0.2) is 22.4 Å². The highest BCUT2D eigenvalue weighted by Crippen LogP contribution is 2.33. The summed E-state index contributed by atoms with van der Waals surface area (Å²) in [5.41, 5.74) is 0.660. The second-order valence-electron chi connectivity index (χ2n) is 9.07. The number of amides is 2. The molecular weight excluding hydrogens is 499 g/mol. The Bertz CT molecular complexity index is 1090. The Kier molecular flexibility index (Phi) is 7.98. The zero-order valence-electron chi connectivity index (χ0n) is 19.9. The molecule has 11 nitrogen and oxygen atoms in total. The second-order valence-corrected chi connectivity index (χ2v) is 11.4. The number of hydrogen-bond acceptors (Lipinski definition) is 9. The lowest BCUT2D eigenvalue weighted by atomic mass is 9.93. The van der Waals surface area contributed by atoms with Gasteiger partial charge in [-0.05, 0) is 49.3 Å². The van der Waals surface area contributed by atoms with Crippen molar-refractivity contribution in [1.29, 1.82) is 0 Å². The normalized spacial score (nSPS) is 22.7. The number of cyclic esters (lactones) is 1. The fourth-order valence-electron chi connectivity index (χ4n) is 4.48. The summed E-state index contributed by atoms with van der Waals surface area (Å²) in [5.74, 6) is -1.45. The highest BCUT2D eigenvalue weighted by molar-refractivity contribution is 7.91. The van der Waals surface area contributed by atoms with Gasteiger partial charge in [0.2, 0.25) is 6.79 Å². The lowest BCUT2D eigenvalue weighted by Gasteiger charge is -2.24. The van der Waals surface area contributed by atoms with Gasteiger partial charge in [-0.1, -0.05) is 6.07 Å². The Balaban J connectivity index is 1.29. The third kappa shape index (κ3) is 6.06. The van der Waals surface area contributed by atoms with Crippen molar-refractivity contribution in [3.63, 3.8) is 0 Å². The van der Waals surface area contributed by atoms with Crippen LogP contribution < -0.4 is 4.90 Å². The van der Waals surface area contributed by atoms with Crippen molar-refractivity contribution in [2.24, 2.45) is 5.92 Å². The van der Waals surface area contributed by atoms with Gasteiger partial charge >= 0.3 is 18.2 Å². The van der Waals surface area contributed by atoms with E-state index in [9.17, 15) is 27.2 Å². The Morgan fingerprint density at radius 1 is 1.14 bits per heavy atom. The molecule has 0 N–H and O–H groups in total. The summed E-state index contributed by atoms with van der Waals surface area (Å²) in [6.07, 6.45) is -0.824. The molecule has 1 aromatic carbocycles. The standard InChI is InChI=1S/C23H29FN2O9S/c1-25(22(28)34-14-33-21(27)16-4-8-32-9-5-16)20-13-26(23(29)35-20)17-2-3-18(19(24)12-17)15-6-10-36(30,31)11-7-15/h2-3,12,15-16,20H,4-11,13-14H2,1H3/t20-/m0/s1. The molecule has 3 saturated heterocycles. The number of anilines is 1. The fraction of sp³-hybridized carbons (Fsp3) is 0.609. The van der Waals surface area contributed by atoms with E-state index >= 15 is 0 Å². The smallest absolute Gasteiger partial charge is 0.416 e. The minimum atomic E-state index is -3.07. The van der Waals surface area contributed by atoms with Crippen LogP contribution in [-0.2, 0) is 33.6 Å². The van der Waals surface area contributed by atoms with Crippen LogP contribution in [0.25, 0.3) is 0 Å². The third-order valence-electron chi connectivity index (χ3n) is 6.74. The first-order chi connectivity index (χ1) is 17.1. The molecule has 3 heterocycles. The molecule has 0 aliphatic carbocycles. The molecule has 4 rings (SSSR count). The van der Waals surface area contributed by atoms with Gasteiger partial charge in [-0.15, -0.1) is 0 Å². The summed E-state index contributed by atoms with van der Waals surface area (Å²) in [4.78, 5) is 39.0. The molecule has 3 aliphatic rings. The van der Waals surface area contributed by atoms with Crippen LogP contribution in [0.1, 0.15) is 37.2 Å². The lowest BCUT2D eigenvalue weighted by molar-refractivity contribution is -0.160. The predicted octanol–water partition coefficient (Wildman–Crippen LogP) is 2.40. The first-order valence-electron chi connectivity index (χ1n) is 11.8. The molecule has 2 amide bonds. The number of ether oxygens (including phenoxy) is 4. The van der Waals surface area contributed by atoms with Gasteiger partial charge in [0, 0.05) is 20.3 Å². The van der Waals surface area contributed by atoms with E-state index in [0.717, 1.165) is 4.90 Å². The maximum atomic E-state index is 14.9. The van der Waals surface area contributed by atoms with Crippen LogP contribution in [0.5, 0.6) is 0 Å². The van der Waals surface area contributed by atoms with Crippen LogP contribution >= 0.6 is 0 Å². The fourth-order valence-corrected chi connectivity index (χ4v) is 5.98. The molecule has 0 bridgehead atoms. The summed E-state index contributed by atoms with van der Waals surface area (Å²) < 4.78 is 58.6. The van der Waals surface area contributed by atoms with Crippen molar-refractivity contribution in [1.82, 2.24) is 4.90 Å². The Hall–Kier alpha value is -2.93. The third-order valence-corrected chi connectivity index (χ3v) is 8.46. The van der Waals surface area contributed by atoms with E-state index in [-0.39, 0.29) is 35.6 Å². The van der Waals surface area contributed by atoms with Gasteiger partial charge in [0.05, 0.1) is 29.7 Å². The van der Waals surface area contributed by atoms with Crippen LogP contribution in [0.15, 0.2) is 18.2 Å². The summed E-state index contributed by atoms with van der Waals surface area (Å²) in [6, 6.07) is 4.33. The van der Waals surface area contributed by atoms with Crippen molar-refractivity contribution >= 4 is 33.7 Å². The van der Waals surface area contributed by atoms with Crippen molar-refractivity contribution in [2.45, 2.75) is 37.8 Å². The van der Waals surface area contributed by atoms with E-state index in [4.69, 9.17) is 18.9 Å². The summed E-state index contributed by atoms with van der Waals surface area (Å²) in [7, 11) is -1.70. The van der Waals surface area contributed by atoms with Crippen LogP contribution in [-0.4, -0.2) is 82.8 Å². The van der Waals surface area contributed by atoms with Gasteiger partial charge in [-0.3, -0.25) is 14.6 Å². The number of hydrogen-bond donors (Lipinski definition) is 0. The lowest BCUT2D eigenvalue weighted by Crippen LogP contribution is -2.40. The summed E-state index contributed by atoms with van der Waals surface area (Å²) in [5, 5.41) is 0. The molecule has 0 radical (unpaired) electrons. The van der Waals surface area contributed by atoms with E-state index < -0.39 is 46.8 Å². The van der Waals surface area contributed by atoms with Gasteiger partial charge in [-0.2, -0.15) is 0 Å². The van der Waals surface area contributed by atoms with Crippen LogP contribution in [0.3, 0.4) is 0 Å². The molecule has 1 aromatic rings. The van der Waals surface area contributed by atoms with Gasteiger partial charge in [0.1, 0.15) is 15.7 Å². The van der Waals surface area contributed by atoms with Crippen molar-refractivity contribution in [2.75, 3.05) is 50.0 Å². The molecule has 3 fully saturated rings. The van der Waals surface area contributed by atoms with E-state index in [1.807, 2.05) is 0 Å². The molecule has 198 valence electrons. The molecule has 3 aliphatic heterocycles. The Morgan fingerprint density at radius 2 is 1.83 bits per heavy atom. The van der Waals surface area contributed by atoms with Crippen LogP contribution in [0, 0.1) is 11.7 Å². The van der Waals surface area contributed by atoms with Crippen molar-refractivity contribution in [3.8, 4) is 0 Å². The molecular formula is C23H29FN2O9S. The average Bonchev–Trinajstić information content (AvgIpc) is 3.25. The number of likely N-dealkylation sites (N-methyl/N-ethyl adjacent to an activating group) is 1. The summed E-state index contributed by atoms with van der Waals surface area (Å²) >= 11 is 0. The van der Waals surface area contributed by atoms with Crippen LogP contribution in [0.4, 0.5) is 19.7 Å². The molecule has 0 aromatic heterocycles. The number of benzene rings is 1. The molecule has 0 saturated carbocycles. The maximum absolute atomic E-state index is 14.9. The van der Waals surface area contributed by atoms with Gasteiger partial charge in [0.15, 0.2) is 6.23 Å². The van der Waals surface area contributed by atoms with Gasteiger partial charge in [0.25, 0.3) is 0 Å². The zero-order valence-corrected chi connectivity index (χ0v) is 20.7. The molecule has 13 heteroatoms. The van der Waals surface area contributed by atoms with Crippen molar-refractivity contribution in [3.05, 3.63) is 29.6 Å². The SMILES string of the molecule is CN(C(=O)OCOC(=O)C1CCOCC1)[C@@H]1CN(c2ccc(C3CCS(=O)(=O)CC3)c(F)c2)C(=O)O1. The van der Waals surface area contributed by atoms with Gasteiger partial charge < -0.3 is 18.9 Å². The zero-order chi connectivity index (χ0) is 25.9. The quantitative estimate of drug-likeness (QED) is 0.404. The molecule has 0 spiro atoms. The average molecular weight is 529 g/mol. The number of carbonyl (C=O) groups is 3. The number of rotatable bonds is 6. The monoisotopic (exact) mass is 528 g/mol. The Labute approximate surface area is 208 Å². The predicted molar refractivity (Wildman–Crippen MR) is 123 cm³/mol. The number of esters is 1. The number of halogens is 1. The topological polar surface area (TPSA) is 129 Å². The highest BCUT2D eigenvalue weighted by Gasteiger charge is 2.38. The van der Waals surface area contributed by atoms with E-state index in [2.05, 4.69) is 0 Å². The highest BCUT2D eigenvalue weighted by atomic mass is 32.2. The van der Waals surface area contributed by atoms with E-state index in [0.29, 0.717) is 44.5 Å². The van der Waals surface area contributed by atoms with E-state index in [1.165, 1.54) is 18.0 Å². The first kappa shape index (κ1) is 26.1. The van der Waals surface area contributed by atoms with E-state index in [1.54, 1.807) is 12.1 Å². The summed E-state index contributed by atoms with van der Waals surface area (Å²) in [6.45, 7) is 0.318. The van der Waals surface area contributed by atoms with Crippen LogP contribution in [0.2, 0.25) is 0 Å². The Morgan fingerprint density at radius 3 is 2.50 bits per heavy atom. The maximum Gasteiger partial charge on any atom is 0.416 e. The number of sulfone groups is 1. The molecule has 1 atom stereocenters. The minimum Gasteiger partial charge on any atom is -0.428 e. The second kappa shape index (κ2) is 11.0.